The Balaban J connectivity index is 2.28. The molecule has 0 unspecified atom stereocenters. The van der Waals surface area contributed by atoms with E-state index < -0.39 is 0 Å². The normalized spacial score (nSPS) is 15.6. The molecule has 1 aromatic rings. The topological polar surface area (TPSA) is 32.3 Å². The van der Waals surface area contributed by atoms with Crippen molar-refractivity contribution in [3.8, 4) is 0 Å². The van der Waals surface area contributed by atoms with Crippen LogP contribution in [0.25, 0.3) is 0 Å². The molecule has 0 amide bonds. The molecule has 1 aliphatic rings. The first-order valence-electron chi connectivity index (χ1n) is 4.95. The van der Waals surface area contributed by atoms with Gasteiger partial charge in [-0.05, 0) is 14.0 Å². The van der Waals surface area contributed by atoms with Crippen molar-refractivity contribution in [2.45, 2.75) is 20.0 Å². The molecule has 2 heterocycles. The second kappa shape index (κ2) is 3.53. The molecule has 0 aliphatic carbocycles. The highest BCUT2D eigenvalue weighted by atomic mass is 15.2. The lowest BCUT2D eigenvalue weighted by Crippen LogP contribution is -2.19. The lowest BCUT2D eigenvalue weighted by Gasteiger charge is -2.14. The number of nitrogens with zero attached hydrogens (tertiary/aromatic N) is 4. The molecular formula is C10H16N4. The average molecular weight is 192 g/mol. The van der Waals surface area contributed by atoms with Crippen LogP contribution in [0.15, 0.2) is 6.20 Å². The molecule has 4 nitrogen and oxygen atoms in total. The van der Waals surface area contributed by atoms with Gasteiger partial charge in [0.05, 0.1) is 5.69 Å². The third-order valence-corrected chi connectivity index (χ3v) is 2.62. The van der Waals surface area contributed by atoms with Gasteiger partial charge in [-0.2, -0.15) is 0 Å². The number of fused-ring (bicyclic) bond motifs is 1. The number of aromatic nitrogens is 2. The predicted octanol–water partition coefficient (Wildman–Crippen LogP) is 0.878. The summed E-state index contributed by atoms with van der Waals surface area (Å²) in [4.78, 5) is 13.2. The maximum Gasteiger partial charge on any atom is 0.225 e. The van der Waals surface area contributed by atoms with Crippen LogP contribution in [0.1, 0.15) is 18.2 Å². The van der Waals surface area contributed by atoms with E-state index >= 15 is 0 Å². The van der Waals surface area contributed by atoms with Gasteiger partial charge in [0.15, 0.2) is 0 Å². The minimum absolute atomic E-state index is 0.835. The third-order valence-electron chi connectivity index (χ3n) is 2.62. The van der Waals surface area contributed by atoms with Crippen LogP contribution in [0.5, 0.6) is 0 Å². The minimum atomic E-state index is 0.835. The molecule has 0 saturated heterocycles. The Labute approximate surface area is 84.6 Å². The molecule has 4 heteroatoms. The quantitative estimate of drug-likeness (QED) is 0.696. The molecular weight excluding hydrogens is 176 g/mol. The zero-order valence-electron chi connectivity index (χ0n) is 8.99. The van der Waals surface area contributed by atoms with Gasteiger partial charge in [-0.1, -0.05) is 0 Å². The molecule has 0 N–H and O–H groups in total. The second-order valence-electron chi connectivity index (χ2n) is 3.83. The molecule has 1 aromatic heterocycles. The van der Waals surface area contributed by atoms with E-state index in [1.807, 2.05) is 13.2 Å². The van der Waals surface area contributed by atoms with Crippen molar-refractivity contribution in [2.24, 2.45) is 0 Å². The van der Waals surface area contributed by atoms with Crippen LogP contribution in [0.3, 0.4) is 0 Å². The van der Waals surface area contributed by atoms with Crippen molar-refractivity contribution in [1.29, 1.82) is 0 Å². The zero-order valence-corrected chi connectivity index (χ0v) is 8.99. The highest BCUT2D eigenvalue weighted by Gasteiger charge is 2.18. The van der Waals surface area contributed by atoms with E-state index in [1.54, 1.807) is 0 Å². The van der Waals surface area contributed by atoms with Crippen LogP contribution in [-0.4, -0.2) is 35.5 Å². The molecule has 0 radical (unpaired) electrons. The Morgan fingerprint density at radius 1 is 1.50 bits per heavy atom. The summed E-state index contributed by atoms with van der Waals surface area (Å²) in [6, 6.07) is 0. The van der Waals surface area contributed by atoms with Crippen LogP contribution >= 0.6 is 0 Å². The van der Waals surface area contributed by atoms with Crippen molar-refractivity contribution in [3.63, 3.8) is 0 Å². The fourth-order valence-electron chi connectivity index (χ4n) is 1.63. The van der Waals surface area contributed by atoms with Crippen molar-refractivity contribution in [2.75, 3.05) is 25.5 Å². The summed E-state index contributed by atoms with van der Waals surface area (Å²) >= 11 is 0. The van der Waals surface area contributed by atoms with Gasteiger partial charge in [0.2, 0.25) is 5.95 Å². The number of hydrogen-bond donors (Lipinski definition) is 0. The van der Waals surface area contributed by atoms with E-state index in [0.29, 0.717) is 0 Å². The Morgan fingerprint density at radius 3 is 3.00 bits per heavy atom. The van der Waals surface area contributed by atoms with E-state index in [4.69, 9.17) is 0 Å². The largest absolute Gasteiger partial charge is 0.344 e. The zero-order chi connectivity index (χ0) is 10.1. The van der Waals surface area contributed by atoms with Gasteiger partial charge in [0, 0.05) is 38.4 Å². The van der Waals surface area contributed by atoms with E-state index in [0.717, 1.165) is 25.6 Å². The Morgan fingerprint density at radius 2 is 2.29 bits per heavy atom. The van der Waals surface area contributed by atoms with Gasteiger partial charge < -0.3 is 4.90 Å². The van der Waals surface area contributed by atoms with Crippen LogP contribution in [0.2, 0.25) is 0 Å². The van der Waals surface area contributed by atoms with Crippen molar-refractivity contribution in [3.05, 3.63) is 17.5 Å². The molecule has 0 fully saturated rings. The molecule has 14 heavy (non-hydrogen) atoms. The van der Waals surface area contributed by atoms with E-state index in [9.17, 15) is 0 Å². The van der Waals surface area contributed by atoms with Crippen LogP contribution < -0.4 is 4.90 Å². The van der Waals surface area contributed by atoms with Gasteiger partial charge in [0.1, 0.15) is 0 Å². The van der Waals surface area contributed by atoms with Crippen LogP contribution in [-0.2, 0) is 13.1 Å². The van der Waals surface area contributed by atoms with Crippen LogP contribution in [0.4, 0.5) is 5.95 Å². The maximum absolute atomic E-state index is 4.55. The van der Waals surface area contributed by atoms with Gasteiger partial charge in [-0.25, -0.2) is 9.97 Å². The molecule has 0 spiro atoms. The molecule has 0 bridgehead atoms. The first-order chi connectivity index (χ1) is 6.70. The first kappa shape index (κ1) is 9.40. The van der Waals surface area contributed by atoms with Gasteiger partial charge in [-0.3, -0.25) is 4.90 Å². The summed E-state index contributed by atoms with van der Waals surface area (Å²) in [6.07, 6.45) is 1.95. The summed E-state index contributed by atoms with van der Waals surface area (Å²) in [5, 5.41) is 0. The third kappa shape index (κ3) is 1.57. The summed E-state index contributed by atoms with van der Waals surface area (Å²) in [5.41, 5.74) is 2.44. The average Bonchev–Trinajstić information content (AvgIpc) is 2.55. The van der Waals surface area contributed by atoms with Crippen molar-refractivity contribution >= 4 is 5.95 Å². The lowest BCUT2D eigenvalue weighted by atomic mass is 10.3. The standard InChI is InChI=1S/C10H16N4/c1-4-14(3)10-11-5-8-6-13(2)7-9(8)12-10/h5H,4,6-7H2,1-3H3. The minimum Gasteiger partial charge on any atom is -0.344 e. The molecule has 1 aliphatic heterocycles. The molecule has 76 valence electrons. The fourth-order valence-corrected chi connectivity index (χ4v) is 1.63. The van der Waals surface area contributed by atoms with Gasteiger partial charge in [-0.15, -0.1) is 0 Å². The molecule has 0 aromatic carbocycles. The molecule has 0 atom stereocenters. The smallest absolute Gasteiger partial charge is 0.225 e. The Hall–Kier alpha value is -1.16. The Kier molecular flexibility index (Phi) is 2.37. The van der Waals surface area contributed by atoms with Crippen molar-refractivity contribution < 1.29 is 0 Å². The molecule has 2 rings (SSSR count). The second-order valence-corrected chi connectivity index (χ2v) is 3.83. The van der Waals surface area contributed by atoms with Gasteiger partial charge >= 0.3 is 0 Å². The monoisotopic (exact) mass is 192 g/mol. The highest BCUT2D eigenvalue weighted by molar-refractivity contribution is 5.33. The Bertz CT molecular complexity index is 337. The SMILES string of the molecule is CCN(C)c1ncc2c(n1)CN(C)C2. The van der Waals surface area contributed by atoms with Crippen LogP contribution in [0, 0.1) is 0 Å². The highest BCUT2D eigenvalue weighted by Crippen LogP contribution is 2.20. The summed E-state index contributed by atoms with van der Waals surface area (Å²) < 4.78 is 0. The van der Waals surface area contributed by atoms with E-state index in [1.165, 1.54) is 11.3 Å². The maximum atomic E-state index is 4.55. The first-order valence-corrected chi connectivity index (χ1v) is 4.95. The van der Waals surface area contributed by atoms with E-state index in [-0.39, 0.29) is 0 Å². The predicted molar refractivity (Wildman–Crippen MR) is 56.1 cm³/mol. The summed E-state index contributed by atoms with van der Waals surface area (Å²) in [7, 11) is 4.12. The van der Waals surface area contributed by atoms with Crippen molar-refractivity contribution in [1.82, 2.24) is 14.9 Å². The summed E-state index contributed by atoms with van der Waals surface area (Å²) in [6.45, 7) is 4.96. The number of anilines is 1. The van der Waals surface area contributed by atoms with Gasteiger partial charge in [0.25, 0.3) is 0 Å². The van der Waals surface area contributed by atoms with E-state index in [2.05, 4.69) is 33.7 Å². The fraction of sp³-hybridized carbons (Fsp3) is 0.600. The summed E-state index contributed by atoms with van der Waals surface area (Å²) in [5.74, 6) is 0.835. The molecule has 0 saturated carbocycles. The number of hydrogen-bond acceptors (Lipinski definition) is 4. The number of rotatable bonds is 2. The lowest BCUT2D eigenvalue weighted by molar-refractivity contribution is 0.351.